The average molecular weight is 336 g/mol. The summed E-state index contributed by atoms with van der Waals surface area (Å²) >= 11 is 1.46. The molecule has 2 aliphatic carbocycles. The van der Waals surface area contributed by atoms with Crippen LogP contribution in [0.25, 0.3) is 0 Å². The second-order valence-electron chi connectivity index (χ2n) is 6.10. The number of carboxylic acids is 1. The van der Waals surface area contributed by atoms with Crippen molar-refractivity contribution >= 4 is 34.1 Å². The molecular formula is C16H20N2O4S. The highest BCUT2D eigenvalue weighted by atomic mass is 32.1. The standard InChI is InChI=1S/C16H20N2O4S/c19-12(7-8-13(20)21)18-16-14(15(22)17-9-5-6-9)10-3-1-2-4-11(10)23-16/h9H,1-8H2,(H,17,22)(H,18,19)(H,20,21). The summed E-state index contributed by atoms with van der Waals surface area (Å²) in [6.07, 6.45) is 5.70. The highest BCUT2D eigenvalue weighted by Crippen LogP contribution is 2.38. The van der Waals surface area contributed by atoms with Crippen molar-refractivity contribution in [3.8, 4) is 0 Å². The van der Waals surface area contributed by atoms with E-state index in [9.17, 15) is 14.4 Å². The number of fused-ring (bicyclic) bond motifs is 1. The van der Waals surface area contributed by atoms with Crippen molar-refractivity contribution in [2.75, 3.05) is 5.32 Å². The van der Waals surface area contributed by atoms with Crippen LogP contribution < -0.4 is 10.6 Å². The lowest BCUT2D eigenvalue weighted by Crippen LogP contribution is -2.27. The Hall–Kier alpha value is -1.89. The van der Waals surface area contributed by atoms with Crippen molar-refractivity contribution in [2.24, 2.45) is 0 Å². The van der Waals surface area contributed by atoms with Gasteiger partial charge in [0.1, 0.15) is 5.00 Å². The number of aliphatic carboxylic acids is 1. The number of thiophene rings is 1. The van der Waals surface area contributed by atoms with E-state index in [1.54, 1.807) is 0 Å². The Morgan fingerprint density at radius 3 is 2.57 bits per heavy atom. The van der Waals surface area contributed by atoms with Gasteiger partial charge in [0.05, 0.1) is 12.0 Å². The van der Waals surface area contributed by atoms with Gasteiger partial charge in [-0.15, -0.1) is 11.3 Å². The average Bonchev–Trinajstić information content (AvgIpc) is 3.23. The molecule has 124 valence electrons. The lowest BCUT2D eigenvalue weighted by atomic mass is 9.95. The summed E-state index contributed by atoms with van der Waals surface area (Å²) in [6.45, 7) is 0. The molecule has 0 atom stereocenters. The van der Waals surface area contributed by atoms with E-state index in [2.05, 4.69) is 10.6 Å². The Bertz CT molecular complexity index is 649. The second-order valence-corrected chi connectivity index (χ2v) is 7.21. The smallest absolute Gasteiger partial charge is 0.303 e. The molecule has 2 amide bonds. The second kappa shape index (κ2) is 6.70. The third-order valence-electron chi connectivity index (χ3n) is 4.13. The molecule has 1 aromatic heterocycles. The molecular weight excluding hydrogens is 316 g/mol. The molecule has 0 saturated heterocycles. The van der Waals surface area contributed by atoms with E-state index in [-0.39, 0.29) is 30.7 Å². The van der Waals surface area contributed by atoms with Gasteiger partial charge >= 0.3 is 5.97 Å². The Balaban J connectivity index is 1.79. The fraction of sp³-hybridized carbons (Fsp3) is 0.562. The number of carbonyl (C=O) groups excluding carboxylic acids is 2. The minimum atomic E-state index is -1.00. The number of carbonyl (C=O) groups is 3. The number of nitrogens with one attached hydrogen (secondary N) is 2. The Morgan fingerprint density at radius 2 is 1.87 bits per heavy atom. The van der Waals surface area contributed by atoms with Gasteiger partial charge in [-0.25, -0.2) is 0 Å². The lowest BCUT2D eigenvalue weighted by molar-refractivity contribution is -0.138. The summed E-state index contributed by atoms with van der Waals surface area (Å²) in [7, 11) is 0. The summed E-state index contributed by atoms with van der Waals surface area (Å²) in [4.78, 5) is 36.2. The lowest BCUT2D eigenvalue weighted by Gasteiger charge is -2.13. The van der Waals surface area contributed by atoms with Crippen molar-refractivity contribution in [3.05, 3.63) is 16.0 Å². The number of hydrogen-bond acceptors (Lipinski definition) is 4. The van der Waals surface area contributed by atoms with E-state index >= 15 is 0 Å². The number of amides is 2. The van der Waals surface area contributed by atoms with E-state index in [0.29, 0.717) is 10.6 Å². The van der Waals surface area contributed by atoms with Crippen molar-refractivity contribution in [1.29, 1.82) is 0 Å². The number of rotatable bonds is 6. The molecule has 1 heterocycles. The molecule has 1 aromatic rings. The third-order valence-corrected chi connectivity index (χ3v) is 5.34. The molecule has 6 nitrogen and oxygen atoms in total. The van der Waals surface area contributed by atoms with Crippen LogP contribution in [0.4, 0.5) is 5.00 Å². The Kier molecular flexibility index (Phi) is 4.66. The summed E-state index contributed by atoms with van der Waals surface area (Å²) in [5, 5.41) is 15.0. The van der Waals surface area contributed by atoms with Crippen LogP contribution in [0.1, 0.15) is 59.3 Å². The van der Waals surface area contributed by atoms with E-state index < -0.39 is 5.97 Å². The predicted molar refractivity (Wildman–Crippen MR) is 86.9 cm³/mol. The fourth-order valence-corrected chi connectivity index (χ4v) is 4.09. The molecule has 2 aliphatic rings. The van der Waals surface area contributed by atoms with E-state index in [1.165, 1.54) is 16.2 Å². The van der Waals surface area contributed by atoms with Crippen molar-refractivity contribution < 1.29 is 19.5 Å². The van der Waals surface area contributed by atoms with Gasteiger partial charge in [0, 0.05) is 17.3 Å². The third kappa shape index (κ3) is 3.90. The molecule has 1 fully saturated rings. The molecule has 23 heavy (non-hydrogen) atoms. The number of aryl methyl sites for hydroxylation is 1. The van der Waals surface area contributed by atoms with Crippen LogP contribution in [-0.2, 0) is 22.4 Å². The highest BCUT2D eigenvalue weighted by Gasteiger charge is 2.30. The van der Waals surface area contributed by atoms with Crippen molar-refractivity contribution in [3.63, 3.8) is 0 Å². The van der Waals surface area contributed by atoms with Gasteiger partial charge in [0.25, 0.3) is 5.91 Å². The minimum Gasteiger partial charge on any atom is -0.481 e. The van der Waals surface area contributed by atoms with Crippen LogP contribution in [0.5, 0.6) is 0 Å². The monoisotopic (exact) mass is 336 g/mol. The molecule has 0 radical (unpaired) electrons. The van der Waals surface area contributed by atoms with Crippen LogP contribution in [0.3, 0.4) is 0 Å². The normalized spacial score (nSPS) is 16.5. The van der Waals surface area contributed by atoms with Crippen LogP contribution in [0.15, 0.2) is 0 Å². The van der Waals surface area contributed by atoms with Gasteiger partial charge in [-0.05, 0) is 44.1 Å². The first-order chi connectivity index (χ1) is 11.0. The summed E-state index contributed by atoms with van der Waals surface area (Å²) in [6, 6.07) is 0.261. The van der Waals surface area contributed by atoms with E-state index in [0.717, 1.165) is 44.1 Å². The number of anilines is 1. The first-order valence-electron chi connectivity index (χ1n) is 8.01. The summed E-state index contributed by atoms with van der Waals surface area (Å²) in [5.74, 6) is -1.47. The zero-order chi connectivity index (χ0) is 16.4. The van der Waals surface area contributed by atoms with Gasteiger partial charge in [0.2, 0.25) is 5.91 Å². The van der Waals surface area contributed by atoms with Gasteiger partial charge in [-0.2, -0.15) is 0 Å². The maximum absolute atomic E-state index is 12.5. The molecule has 0 bridgehead atoms. The summed E-state index contributed by atoms with van der Waals surface area (Å²) < 4.78 is 0. The van der Waals surface area contributed by atoms with Crippen molar-refractivity contribution in [1.82, 2.24) is 5.32 Å². The maximum Gasteiger partial charge on any atom is 0.303 e. The van der Waals surface area contributed by atoms with Gasteiger partial charge in [-0.3, -0.25) is 14.4 Å². The van der Waals surface area contributed by atoms with Crippen LogP contribution >= 0.6 is 11.3 Å². The number of hydrogen-bond donors (Lipinski definition) is 3. The van der Waals surface area contributed by atoms with E-state index in [1.807, 2.05) is 0 Å². The first kappa shape index (κ1) is 16.0. The Labute approximate surface area is 138 Å². The molecule has 0 aromatic carbocycles. The largest absolute Gasteiger partial charge is 0.481 e. The van der Waals surface area contributed by atoms with Gasteiger partial charge < -0.3 is 15.7 Å². The van der Waals surface area contributed by atoms with Crippen LogP contribution in [0, 0.1) is 0 Å². The quantitative estimate of drug-likeness (QED) is 0.743. The molecule has 3 rings (SSSR count). The van der Waals surface area contributed by atoms with Crippen molar-refractivity contribution in [2.45, 2.75) is 57.4 Å². The molecule has 3 N–H and O–H groups in total. The molecule has 0 aliphatic heterocycles. The molecule has 0 spiro atoms. The zero-order valence-corrected chi connectivity index (χ0v) is 13.6. The minimum absolute atomic E-state index is 0.0818. The SMILES string of the molecule is O=C(O)CCC(=O)Nc1sc2c(c1C(=O)NC1CC1)CCCC2. The first-order valence-corrected chi connectivity index (χ1v) is 8.83. The zero-order valence-electron chi connectivity index (χ0n) is 12.8. The molecule has 7 heteroatoms. The predicted octanol–water partition coefficient (Wildman–Crippen LogP) is 2.32. The van der Waals surface area contributed by atoms with Crippen LogP contribution in [-0.4, -0.2) is 28.9 Å². The molecule has 1 saturated carbocycles. The van der Waals surface area contributed by atoms with Gasteiger partial charge in [-0.1, -0.05) is 0 Å². The Morgan fingerprint density at radius 1 is 1.13 bits per heavy atom. The maximum atomic E-state index is 12.5. The fourth-order valence-electron chi connectivity index (χ4n) is 2.79. The van der Waals surface area contributed by atoms with Crippen LogP contribution in [0.2, 0.25) is 0 Å². The molecule has 0 unspecified atom stereocenters. The summed E-state index contributed by atoms with van der Waals surface area (Å²) in [5.41, 5.74) is 1.66. The number of carboxylic acid groups (broad SMARTS) is 1. The topological polar surface area (TPSA) is 95.5 Å². The van der Waals surface area contributed by atoms with Gasteiger partial charge in [0.15, 0.2) is 0 Å². The van der Waals surface area contributed by atoms with E-state index in [4.69, 9.17) is 5.11 Å². The highest BCUT2D eigenvalue weighted by molar-refractivity contribution is 7.17.